The summed E-state index contributed by atoms with van der Waals surface area (Å²) in [6.45, 7) is 0. The second-order valence-electron chi connectivity index (χ2n) is 3.88. The number of anilines is 3. The van der Waals surface area contributed by atoms with E-state index in [1.54, 1.807) is 12.4 Å². The summed E-state index contributed by atoms with van der Waals surface area (Å²) in [4.78, 5) is 8.65. The smallest absolute Gasteiger partial charge is 0.180 e. The molecule has 7 heteroatoms. The third kappa shape index (κ3) is 2.25. The summed E-state index contributed by atoms with van der Waals surface area (Å²) in [5.41, 5.74) is 4.18. The van der Waals surface area contributed by atoms with Gasteiger partial charge in [-0.15, -0.1) is 0 Å². The summed E-state index contributed by atoms with van der Waals surface area (Å²) in [6.07, 6.45) is 5.32. The van der Waals surface area contributed by atoms with Gasteiger partial charge in [0, 0.05) is 16.9 Å². The molecule has 0 atom stereocenters. The Balaban J connectivity index is 2.09. The summed E-state index contributed by atoms with van der Waals surface area (Å²) < 4.78 is 2.80. The minimum atomic E-state index is 0.556. The van der Waals surface area contributed by atoms with Crippen molar-refractivity contribution < 1.29 is 0 Å². The Hall–Kier alpha value is -2.12. The van der Waals surface area contributed by atoms with Gasteiger partial charge in [-0.05, 0) is 28.1 Å². The van der Waals surface area contributed by atoms with E-state index in [2.05, 4.69) is 36.6 Å². The topological polar surface area (TPSA) is 80.3 Å². The van der Waals surface area contributed by atoms with E-state index in [4.69, 9.17) is 5.84 Å². The second kappa shape index (κ2) is 4.87. The minimum absolute atomic E-state index is 0.556. The van der Waals surface area contributed by atoms with E-state index >= 15 is 0 Å². The molecule has 0 saturated carbocycles. The van der Waals surface area contributed by atoms with Gasteiger partial charge in [0.2, 0.25) is 0 Å². The number of hydrogen-bond acceptors (Lipinski definition) is 5. The number of nitrogens with two attached hydrogens (primary N) is 1. The fraction of sp³-hybridized carbons (Fsp3) is 0. The zero-order chi connectivity index (χ0) is 13.2. The summed E-state index contributed by atoms with van der Waals surface area (Å²) in [5.74, 6) is 6.61. The highest BCUT2D eigenvalue weighted by molar-refractivity contribution is 9.10. The van der Waals surface area contributed by atoms with E-state index in [9.17, 15) is 0 Å². The molecular formula is C12H11BrN6. The normalized spacial score (nSPS) is 10.6. The molecule has 0 saturated heterocycles. The maximum Gasteiger partial charge on any atom is 0.180 e. The van der Waals surface area contributed by atoms with Gasteiger partial charge in [-0.3, -0.25) is 0 Å². The van der Waals surface area contributed by atoms with E-state index < -0.39 is 0 Å². The molecule has 96 valence electrons. The summed E-state index contributed by atoms with van der Waals surface area (Å²) >= 11 is 3.49. The highest BCUT2D eigenvalue weighted by Crippen LogP contribution is 2.26. The van der Waals surface area contributed by atoms with E-state index in [1.807, 2.05) is 34.9 Å². The molecule has 0 amide bonds. The lowest BCUT2D eigenvalue weighted by atomic mass is 10.3. The number of halogens is 1. The van der Waals surface area contributed by atoms with Crippen LogP contribution in [0.25, 0.3) is 5.65 Å². The van der Waals surface area contributed by atoms with Crippen LogP contribution in [0.2, 0.25) is 0 Å². The molecule has 0 aliphatic heterocycles. The molecule has 0 bridgehead atoms. The number of imidazole rings is 1. The largest absolute Gasteiger partial charge is 0.336 e. The van der Waals surface area contributed by atoms with Crippen LogP contribution in [0, 0.1) is 0 Å². The van der Waals surface area contributed by atoms with Crippen molar-refractivity contribution in [2.24, 2.45) is 5.84 Å². The van der Waals surface area contributed by atoms with Crippen molar-refractivity contribution in [3.8, 4) is 0 Å². The molecule has 0 unspecified atom stereocenters. The minimum Gasteiger partial charge on any atom is -0.336 e. The Bertz CT molecular complexity index is 723. The van der Waals surface area contributed by atoms with Gasteiger partial charge in [-0.25, -0.2) is 15.8 Å². The number of rotatable bonds is 3. The molecule has 2 aromatic heterocycles. The quantitative estimate of drug-likeness (QED) is 0.511. The molecule has 0 aliphatic carbocycles. The molecule has 3 aromatic rings. The molecule has 0 radical (unpaired) electrons. The number of aromatic nitrogens is 3. The molecule has 1 aromatic carbocycles. The van der Waals surface area contributed by atoms with Crippen LogP contribution in [0.5, 0.6) is 0 Å². The number of nitrogens with zero attached hydrogens (tertiary/aromatic N) is 3. The molecule has 6 nitrogen and oxygen atoms in total. The second-order valence-corrected chi connectivity index (χ2v) is 4.74. The third-order valence-corrected chi connectivity index (χ3v) is 3.34. The van der Waals surface area contributed by atoms with Crippen LogP contribution in [0.4, 0.5) is 17.3 Å². The average Bonchev–Trinajstić information content (AvgIpc) is 2.89. The molecule has 4 N–H and O–H groups in total. The number of hydrogen-bond donors (Lipinski definition) is 3. The predicted octanol–water partition coefficient (Wildman–Crippen LogP) is 2.52. The van der Waals surface area contributed by atoms with Crippen molar-refractivity contribution in [3.05, 3.63) is 47.3 Å². The van der Waals surface area contributed by atoms with Gasteiger partial charge in [0.15, 0.2) is 17.3 Å². The van der Waals surface area contributed by atoms with Gasteiger partial charge in [-0.2, -0.15) is 0 Å². The van der Waals surface area contributed by atoms with Crippen LogP contribution < -0.4 is 16.6 Å². The van der Waals surface area contributed by atoms with E-state index in [0.29, 0.717) is 11.6 Å². The van der Waals surface area contributed by atoms with Gasteiger partial charge in [-0.1, -0.05) is 12.1 Å². The molecular weight excluding hydrogens is 308 g/mol. The summed E-state index contributed by atoms with van der Waals surface area (Å²) in [5, 5.41) is 3.24. The number of nitrogens with one attached hydrogen (secondary N) is 2. The lowest BCUT2D eigenvalue weighted by Crippen LogP contribution is -2.11. The van der Waals surface area contributed by atoms with Gasteiger partial charge in [0.25, 0.3) is 0 Å². The Morgan fingerprint density at radius 1 is 1.26 bits per heavy atom. The van der Waals surface area contributed by atoms with Gasteiger partial charge in [0.05, 0.1) is 11.9 Å². The third-order valence-electron chi connectivity index (χ3n) is 2.65. The van der Waals surface area contributed by atoms with Crippen molar-refractivity contribution >= 4 is 38.9 Å². The maximum atomic E-state index is 5.42. The fourth-order valence-corrected chi connectivity index (χ4v) is 2.16. The summed E-state index contributed by atoms with van der Waals surface area (Å²) in [7, 11) is 0. The first kappa shape index (κ1) is 11.9. The molecule has 3 rings (SSSR count). The summed E-state index contributed by atoms with van der Waals surface area (Å²) in [6, 6.07) is 7.80. The fourth-order valence-electron chi connectivity index (χ4n) is 1.78. The zero-order valence-electron chi connectivity index (χ0n) is 9.84. The highest BCUT2D eigenvalue weighted by Gasteiger charge is 2.08. The first-order chi connectivity index (χ1) is 9.28. The zero-order valence-corrected chi connectivity index (χ0v) is 11.4. The Morgan fingerprint density at radius 2 is 2.11 bits per heavy atom. The first-order valence-electron chi connectivity index (χ1n) is 5.60. The Labute approximate surface area is 117 Å². The molecule has 19 heavy (non-hydrogen) atoms. The van der Waals surface area contributed by atoms with Crippen LogP contribution in [0.15, 0.2) is 47.3 Å². The van der Waals surface area contributed by atoms with Crippen molar-refractivity contribution in [3.63, 3.8) is 0 Å². The Morgan fingerprint density at radius 3 is 2.89 bits per heavy atom. The van der Waals surface area contributed by atoms with E-state index in [0.717, 1.165) is 15.8 Å². The monoisotopic (exact) mass is 318 g/mol. The van der Waals surface area contributed by atoms with E-state index in [-0.39, 0.29) is 0 Å². The SMILES string of the molecule is NNc1cn2ccnc2c(Nc2ccccc2Br)n1. The number of para-hydroxylation sites is 1. The van der Waals surface area contributed by atoms with Crippen LogP contribution in [-0.4, -0.2) is 14.4 Å². The van der Waals surface area contributed by atoms with Crippen molar-refractivity contribution in [1.29, 1.82) is 0 Å². The average molecular weight is 319 g/mol. The van der Waals surface area contributed by atoms with Crippen molar-refractivity contribution in [1.82, 2.24) is 14.4 Å². The molecule has 0 fully saturated rings. The van der Waals surface area contributed by atoms with Crippen LogP contribution in [0.3, 0.4) is 0 Å². The maximum absolute atomic E-state index is 5.42. The molecule has 0 aliphatic rings. The number of fused-ring (bicyclic) bond motifs is 1. The number of hydrazine groups is 1. The number of benzene rings is 1. The van der Waals surface area contributed by atoms with Crippen molar-refractivity contribution in [2.45, 2.75) is 0 Å². The standard InChI is InChI=1S/C12H11BrN6/c13-8-3-1-2-4-9(8)16-11-12-15-5-6-19(12)7-10(17-11)18-14/h1-7,18H,14H2,(H,16,17). The Kier molecular flexibility index (Phi) is 3.06. The van der Waals surface area contributed by atoms with Gasteiger partial charge in [0.1, 0.15) is 0 Å². The van der Waals surface area contributed by atoms with Gasteiger partial charge < -0.3 is 15.1 Å². The first-order valence-corrected chi connectivity index (χ1v) is 6.39. The van der Waals surface area contributed by atoms with E-state index in [1.165, 1.54) is 0 Å². The lowest BCUT2D eigenvalue weighted by molar-refractivity contribution is 1.11. The van der Waals surface area contributed by atoms with Crippen LogP contribution in [0.1, 0.15) is 0 Å². The highest BCUT2D eigenvalue weighted by atomic mass is 79.9. The van der Waals surface area contributed by atoms with Gasteiger partial charge >= 0.3 is 0 Å². The van der Waals surface area contributed by atoms with Crippen LogP contribution in [-0.2, 0) is 0 Å². The molecule has 2 heterocycles. The number of nitrogen functional groups attached to an aromatic ring is 1. The molecule has 0 spiro atoms. The van der Waals surface area contributed by atoms with Crippen LogP contribution >= 0.6 is 15.9 Å². The van der Waals surface area contributed by atoms with Crippen molar-refractivity contribution in [2.75, 3.05) is 10.7 Å². The lowest BCUT2D eigenvalue weighted by Gasteiger charge is -2.10. The predicted molar refractivity (Wildman–Crippen MR) is 78.2 cm³/mol.